The van der Waals surface area contributed by atoms with Gasteiger partial charge in [0, 0.05) is 5.56 Å². The highest BCUT2D eigenvalue weighted by atomic mass is 16.6. The summed E-state index contributed by atoms with van der Waals surface area (Å²) in [6.07, 6.45) is 0. The van der Waals surface area contributed by atoms with E-state index in [0.717, 1.165) is 5.75 Å². The number of oxime groups is 1. The van der Waals surface area contributed by atoms with Gasteiger partial charge in [0.15, 0.2) is 12.4 Å². The van der Waals surface area contributed by atoms with Gasteiger partial charge in [-0.25, -0.2) is 4.79 Å². The van der Waals surface area contributed by atoms with Gasteiger partial charge in [-0.1, -0.05) is 5.16 Å². The fourth-order valence-corrected chi connectivity index (χ4v) is 1.65. The Morgan fingerprint density at radius 3 is 2.55 bits per heavy atom. The van der Waals surface area contributed by atoms with Crippen molar-refractivity contribution < 1.29 is 23.5 Å². The van der Waals surface area contributed by atoms with Gasteiger partial charge in [-0.15, -0.1) is 0 Å². The van der Waals surface area contributed by atoms with E-state index in [-0.39, 0.29) is 18.2 Å². The normalized spacial score (nSPS) is 11.1. The molecule has 0 radical (unpaired) electrons. The molecule has 2 aromatic rings. The van der Waals surface area contributed by atoms with Crippen LogP contribution >= 0.6 is 0 Å². The number of carbonyl (C=O) groups is 1. The van der Waals surface area contributed by atoms with Crippen LogP contribution in [0.2, 0.25) is 0 Å². The van der Waals surface area contributed by atoms with E-state index in [9.17, 15) is 4.79 Å². The first-order valence-electron chi connectivity index (χ1n) is 6.41. The Morgan fingerprint density at radius 1 is 1.18 bits per heavy atom. The number of esters is 1. The number of rotatable bonds is 6. The lowest BCUT2D eigenvalue weighted by atomic mass is 10.2. The highest BCUT2D eigenvalue weighted by molar-refractivity contribution is 5.97. The topological polar surface area (TPSA) is 96.3 Å². The fraction of sp³-hybridized carbons (Fsp3) is 0.200. The van der Waals surface area contributed by atoms with Crippen LogP contribution in [0, 0.1) is 0 Å². The van der Waals surface area contributed by atoms with Crippen LogP contribution in [0.4, 0.5) is 0 Å². The average molecular weight is 304 g/mol. The number of nitrogens with zero attached hydrogens (tertiary/aromatic N) is 1. The number of methoxy groups -OCH3 is 2. The zero-order chi connectivity index (χ0) is 15.9. The molecule has 116 valence electrons. The van der Waals surface area contributed by atoms with Crippen molar-refractivity contribution in [2.45, 2.75) is 6.61 Å². The molecule has 0 amide bonds. The van der Waals surface area contributed by atoms with Gasteiger partial charge in [0.2, 0.25) is 5.76 Å². The minimum atomic E-state index is -0.549. The Hall–Kier alpha value is -2.96. The molecule has 0 saturated heterocycles. The number of carbonyl (C=O) groups excluding carboxylic acids is 1. The van der Waals surface area contributed by atoms with Crippen molar-refractivity contribution in [2.24, 2.45) is 10.9 Å². The van der Waals surface area contributed by atoms with Crippen LogP contribution in [0.15, 0.2) is 46.0 Å². The molecule has 0 bridgehead atoms. The second-order valence-electron chi connectivity index (χ2n) is 4.24. The van der Waals surface area contributed by atoms with Gasteiger partial charge in [0.1, 0.15) is 11.5 Å². The van der Waals surface area contributed by atoms with Gasteiger partial charge < -0.3 is 24.5 Å². The summed E-state index contributed by atoms with van der Waals surface area (Å²) in [7, 11) is 2.86. The maximum atomic E-state index is 11.2. The van der Waals surface area contributed by atoms with E-state index < -0.39 is 5.97 Å². The van der Waals surface area contributed by atoms with E-state index in [4.69, 9.17) is 19.7 Å². The molecular weight excluding hydrogens is 288 g/mol. The highest BCUT2D eigenvalue weighted by Crippen LogP contribution is 2.12. The highest BCUT2D eigenvalue weighted by Gasteiger charge is 2.11. The fourth-order valence-electron chi connectivity index (χ4n) is 1.65. The van der Waals surface area contributed by atoms with E-state index in [0.29, 0.717) is 11.3 Å². The largest absolute Gasteiger partial charge is 0.497 e. The molecule has 0 fully saturated rings. The average Bonchev–Trinajstić information content (AvgIpc) is 3.03. The molecule has 22 heavy (non-hydrogen) atoms. The molecule has 1 aromatic heterocycles. The number of furan rings is 1. The molecule has 0 atom stereocenters. The summed E-state index contributed by atoms with van der Waals surface area (Å²) in [6.45, 7) is 0.0495. The molecule has 2 N–H and O–H groups in total. The lowest BCUT2D eigenvalue weighted by molar-refractivity contribution is 0.0553. The lowest BCUT2D eigenvalue weighted by Crippen LogP contribution is -2.13. The van der Waals surface area contributed by atoms with Crippen LogP contribution in [0.1, 0.15) is 21.9 Å². The van der Waals surface area contributed by atoms with Crippen LogP contribution in [0.25, 0.3) is 0 Å². The van der Waals surface area contributed by atoms with Crippen molar-refractivity contribution in [1.29, 1.82) is 0 Å². The van der Waals surface area contributed by atoms with Crippen LogP contribution in [-0.2, 0) is 16.2 Å². The quantitative estimate of drug-likeness (QED) is 0.379. The van der Waals surface area contributed by atoms with Crippen LogP contribution in [0.3, 0.4) is 0 Å². The van der Waals surface area contributed by atoms with E-state index in [1.54, 1.807) is 37.4 Å². The van der Waals surface area contributed by atoms with E-state index >= 15 is 0 Å². The van der Waals surface area contributed by atoms with E-state index in [1.165, 1.54) is 13.2 Å². The zero-order valence-corrected chi connectivity index (χ0v) is 12.2. The van der Waals surface area contributed by atoms with E-state index in [1.807, 2.05) is 0 Å². The Morgan fingerprint density at radius 2 is 1.91 bits per heavy atom. The molecule has 0 saturated carbocycles. The number of hydrogen-bond acceptors (Lipinski definition) is 6. The summed E-state index contributed by atoms with van der Waals surface area (Å²) < 4.78 is 14.8. The minimum absolute atomic E-state index is 0.0495. The lowest BCUT2D eigenvalue weighted by Gasteiger charge is -2.03. The number of benzene rings is 1. The Balaban J connectivity index is 1.93. The SMILES string of the molecule is COC(=O)c1ccc(CO/N=C(/N)c2ccc(OC)cc2)o1. The summed E-state index contributed by atoms with van der Waals surface area (Å²) in [5, 5.41) is 3.80. The van der Waals surface area contributed by atoms with Crippen molar-refractivity contribution in [3.05, 3.63) is 53.5 Å². The molecular formula is C15H16N2O5. The Kier molecular flexibility index (Phi) is 5.02. The second-order valence-corrected chi connectivity index (χ2v) is 4.24. The smallest absolute Gasteiger partial charge is 0.373 e. The molecule has 0 aliphatic heterocycles. The van der Waals surface area contributed by atoms with Crippen molar-refractivity contribution in [3.8, 4) is 5.75 Å². The summed E-state index contributed by atoms with van der Waals surface area (Å²) in [6, 6.07) is 10.2. The Labute approximate surface area is 127 Å². The maximum Gasteiger partial charge on any atom is 0.373 e. The molecule has 7 nitrogen and oxygen atoms in total. The van der Waals surface area contributed by atoms with Crippen molar-refractivity contribution in [3.63, 3.8) is 0 Å². The first-order chi connectivity index (χ1) is 10.6. The molecule has 7 heteroatoms. The van der Waals surface area contributed by atoms with Gasteiger partial charge in [-0.2, -0.15) is 0 Å². The molecule has 0 aliphatic carbocycles. The molecule has 0 unspecified atom stereocenters. The third-order valence-corrected chi connectivity index (χ3v) is 2.80. The molecule has 1 heterocycles. The summed E-state index contributed by atoms with van der Waals surface area (Å²) in [5.41, 5.74) is 6.51. The predicted molar refractivity (Wildman–Crippen MR) is 78.6 cm³/mol. The second kappa shape index (κ2) is 7.16. The summed E-state index contributed by atoms with van der Waals surface area (Å²) in [4.78, 5) is 16.3. The number of ether oxygens (including phenoxy) is 2. The summed E-state index contributed by atoms with van der Waals surface area (Å²) >= 11 is 0. The number of nitrogens with two attached hydrogens (primary N) is 1. The zero-order valence-electron chi connectivity index (χ0n) is 12.2. The number of hydrogen-bond donors (Lipinski definition) is 1. The van der Waals surface area contributed by atoms with Crippen LogP contribution < -0.4 is 10.5 Å². The van der Waals surface area contributed by atoms with Crippen LogP contribution in [0.5, 0.6) is 5.75 Å². The van der Waals surface area contributed by atoms with Gasteiger partial charge in [-0.3, -0.25) is 0 Å². The molecule has 0 aliphatic rings. The maximum absolute atomic E-state index is 11.2. The van der Waals surface area contributed by atoms with Gasteiger partial charge in [0.25, 0.3) is 0 Å². The third kappa shape index (κ3) is 3.78. The molecule has 2 rings (SSSR count). The van der Waals surface area contributed by atoms with Gasteiger partial charge >= 0.3 is 5.97 Å². The standard InChI is InChI=1S/C15H16N2O5/c1-19-11-5-3-10(4-6-11)14(16)17-21-9-12-7-8-13(22-12)15(18)20-2/h3-8H,9H2,1-2H3,(H2,16,17). The van der Waals surface area contributed by atoms with Gasteiger partial charge in [0.05, 0.1) is 14.2 Å². The van der Waals surface area contributed by atoms with Crippen molar-refractivity contribution in [2.75, 3.05) is 14.2 Å². The molecule has 0 spiro atoms. The summed E-state index contributed by atoms with van der Waals surface area (Å²) in [5.74, 6) is 0.943. The van der Waals surface area contributed by atoms with Gasteiger partial charge in [-0.05, 0) is 36.4 Å². The Bertz CT molecular complexity index is 661. The van der Waals surface area contributed by atoms with E-state index in [2.05, 4.69) is 9.89 Å². The van der Waals surface area contributed by atoms with Crippen LogP contribution in [-0.4, -0.2) is 26.0 Å². The first kappa shape index (κ1) is 15.4. The monoisotopic (exact) mass is 304 g/mol. The molecule has 1 aromatic carbocycles. The number of amidine groups is 1. The third-order valence-electron chi connectivity index (χ3n) is 2.80. The van der Waals surface area contributed by atoms with Crippen molar-refractivity contribution >= 4 is 11.8 Å². The first-order valence-corrected chi connectivity index (χ1v) is 6.41. The predicted octanol–water partition coefficient (Wildman–Crippen LogP) is 1.91. The minimum Gasteiger partial charge on any atom is -0.497 e. The van der Waals surface area contributed by atoms with Crippen molar-refractivity contribution in [1.82, 2.24) is 0 Å².